The van der Waals surface area contributed by atoms with Crippen LogP contribution in [0.4, 0.5) is 4.39 Å². The van der Waals surface area contributed by atoms with E-state index >= 15 is 0 Å². The van der Waals surface area contributed by atoms with Gasteiger partial charge >= 0.3 is 0 Å². The highest BCUT2D eigenvalue weighted by Crippen LogP contribution is 2.40. The highest BCUT2D eigenvalue weighted by atomic mass is 19.1. The Morgan fingerprint density at radius 1 is 1.03 bits per heavy atom. The van der Waals surface area contributed by atoms with Gasteiger partial charge in [0.05, 0.1) is 0 Å². The zero-order valence-electron chi connectivity index (χ0n) is 19.5. The van der Waals surface area contributed by atoms with Gasteiger partial charge in [-0.1, -0.05) is 20.8 Å². The van der Waals surface area contributed by atoms with Crippen LogP contribution in [0.25, 0.3) is 10.9 Å². The second-order valence-electron chi connectivity index (χ2n) is 10.8. The van der Waals surface area contributed by atoms with Gasteiger partial charge in [0, 0.05) is 61.3 Å². The molecule has 2 aliphatic rings. The number of aliphatic hydroxyl groups is 1. The van der Waals surface area contributed by atoms with Gasteiger partial charge in [0.1, 0.15) is 5.82 Å². The highest BCUT2D eigenvalue weighted by Gasteiger charge is 2.34. The molecule has 0 unspecified atom stereocenters. The summed E-state index contributed by atoms with van der Waals surface area (Å²) in [5, 5.41) is 10.6. The standard InChI is InChI=1S/C26H40FN3O/c1-26(2,3)18-4-7-20(8-5-18)29-13-10-21(11-14-29)30-24-9-6-19(27)16-22(24)23(17-28)25(30)12-15-31/h6,9,16,18,20-21,31H,4-5,7-8,10-15,17,28H2,1-3H3/t18-,20+. The molecule has 0 spiro atoms. The average Bonchev–Trinajstić information content (AvgIpc) is 3.05. The minimum absolute atomic E-state index is 0.0850. The van der Waals surface area contributed by atoms with Crippen LogP contribution in [0.3, 0.4) is 0 Å². The van der Waals surface area contributed by atoms with E-state index in [4.69, 9.17) is 5.73 Å². The number of halogens is 1. The fourth-order valence-electron chi connectivity index (χ4n) is 6.24. The van der Waals surface area contributed by atoms with Crippen LogP contribution in [0.1, 0.15) is 76.6 Å². The maximum atomic E-state index is 14.0. The quantitative estimate of drug-likeness (QED) is 0.702. The molecule has 1 saturated carbocycles. The molecule has 5 heteroatoms. The zero-order valence-corrected chi connectivity index (χ0v) is 19.5. The first-order valence-corrected chi connectivity index (χ1v) is 12.2. The molecule has 0 bridgehead atoms. The predicted octanol–water partition coefficient (Wildman–Crippen LogP) is 5.02. The Morgan fingerprint density at radius 2 is 1.71 bits per heavy atom. The summed E-state index contributed by atoms with van der Waals surface area (Å²) in [6, 6.07) is 6.16. The molecule has 172 valence electrons. The molecular weight excluding hydrogens is 389 g/mol. The Labute approximate surface area is 186 Å². The number of aliphatic hydroxyl groups excluding tert-OH is 1. The predicted molar refractivity (Wildman–Crippen MR) is 126 cm³/mol. The van der Waals surface area contributed by atoms with Crippen molar-refractivity contribution in [3.8, 4) is 0 Å². The lowest BCUT2D eigenvalue weighted by Gasteiger charge is -2.44. The van der Waals surface area contributed by atoms with Crippen molar-refractivity contribution in [1.82, 2.24) is 9.47 Å². The summed E-state index contributed by atoms with van der Waals surface area (Å²) in [4.78, 5) is 2.72. The van der Waals surface area contributed by atoms with Crippen LogP contribution >= 0.6 is 0 Å². The smallest absolute Gasteiger partial charge is 0.123 e. The third-order valence-electron chi connectivity index (χ3n) is 8.04. The molecule has 1 aliphatic heterocycles. The first-order chi connectivity index (χ1) is 14.8. The number of hydrogen-bond acceptors (Lipinski definition) is 3. The fourth-order valence-corrected chi connectivity index (χ4v) is 6.24. The Kier molecular flexibility index (Phi) is 6.76. The van der Waals surface area contributed by atoms with E-state index in [9.17, 15) is 9.50 Å². The summed E-state index contributed by atoms with van der Waals surface area (Å²) in [6.07, 6.45) is 8.12. The van der Waals surface area contributed by atoms with Gasteiger partial charge in [-0.05, 0) is 73.6 Å². The summed E-state index contributed by atoms with van der Waals surface area (Å²) in [5.41, 5.74) is 9.65. The van der Waals surface area contributed by atoms with E-state index in [0.717, 1.165) is 60.1 Å². The molecule has 1 saturated heterocycles. The number of rotatable bonds is 5. The van der Waals surface area contributed by atoms with Crippen LogP contribution in [0.2, 0.25) is 0 Å². The van der Waals surface area contributed by atoms with Gasteiger partial charge < -0.3 is 20.3 Å². The number of benzene rings is 1. The highest BCUT2D eigenvalue weighted by molar-refractivity contribution is 5.86. The van der Waals surface area contributed by atoms with Gasteiger partial charge in [-0.2, -0.15) is 0 Å². The van der Waals surface area contributed by atoms with Crippen LogP contribution in [0.15, 0.2) is 18.2 Å². The van der Waals surface area contributed by atoms with E-state index in [1.54, 1.807) is 12.1 Å². The topological polar surface area (TPSA) is 54.4 Å². The van der Waals surface area contributed by atoms with Gasteiger partial charge in [-0.3, -0.25) is 0 Å². The lowest BCUT2D eigenvalue weighted by Crippen LogP contribution is -2.44. The van der Waals surface area contributed by atoms with Crippen molar-refractivity contribution >= 4 is 10.9 Å². The molecule has 2 aromatic rings. The van der Waals surface area contributed by atoms with Crippen LogP contribution < -0.4 is 5.73 Å². The largest absolute Gasteiger partial charge is 0.396 e. The second kappa shape index (κ2) is 9.21. The van der Waals surface area contributed by atoms with Crippen LogP contribution in [0, 0.1) is 17.2 Å². The number of nitrogens with two attached hydrogens (primary N) is 1. The van der Waals surface area contributed by atoms with E-state index in [0.29, 0.717) is 24.4 Å². The molecule has 0 atom stereocenters. The molecular formula is C26H40FN3O. The molecule has 1 aromatic carbocycles. The summed E-state index contributed by atoms with van der Waals surface area (Å²) in [7, 11) is 0. The fraction of sp³-hybridized carbons (Fsp3) is 0.692. The van der Waals surface area contributed by atoms with Crippen LogP contribution in [-0.2, 0) is 13.0 Å². The summed E-state index contributed by atoms with van der Waals surface area (Å²) < 4.78 is 16.4. The monoisotopic (exact) mass is 429 g/mol. The van der Waals surface area contributed by atoms with Gasteiger partial charge in [0.15, 0.2) is 0 Å². The first-order valence-electron chi connectivity index (χ1n) is 12.2. The lowest BCUT2D eigenvalue weighted by atomic mass is 9.71. The van der Waals surface area contributed by atoms with Crippen molar-refractivity contribution in [2.24, 2.45) is 17.1 Å². The average molecular weight is 430 g/mol. The molecule has 2 fully saturated rings. The van der Waals surface area contributed by atoms with E-state index in [1.165, 1.54) is 25.7 Å². The van der Waals surface area contributed by atoms with Gasteiger partial charge in [0.25, 0.3) is 0 Å². The lowest BCUT2D eigenvalue weighted by molar-refractivity contribution is 0.0719. The summed E-state index contributed by atoms with van der Waals surface area (Å²) >= 11 is 0. The van der Waals surface area contributed by atoms with E-state index < -0.39 is 0 Å². The number of aromatic nitrogens is 1. The number of likely N-dealkylation sites (tertiary alicyclic amines) is 1. The van der Waals surface area contributed by atoms with E-state index in [2.05, 4.69) is 30.2 Å². The van der Waals surface area contributed by atoms with Gasteiger partial charge in [0.2, 0.25) is 0 Å². The van der Waals surface area contributed by atoms with Crippen molar-refractivity contribution in [1.29, 1.82) is 0 Å². The minimum atomic E-state index is -0.226. The Morgan fingerprint density at radius 3 is 2.29 bits per heavy atom. The number of piperidine rings is 1. The number of nitrogens with zero attached hydrogens (tertiary/aromatic N) is 2. The summed E-state index contributed by atoms with van der Waals surface area (Å²) in [5.74, 6) is 0.624. The Hall–Kier alpha value is -1.43. The molecule has 4 nitrogen and oxygen atoms in total. The van der Waals surface area contributed by atoms with Crippen molar-refractivity contribution < 1.29 is 9.50 Å². The van der Waals surface area contributed by atoms with Crippen LogP contribution in [0.5, 0.6) is 0 Å². The normalized spacial score (nSPS) is 24.2. The van der Waals surface area contributed by atoms with Crippen molar-refractivity contribution in [3.05, 3.63) is 35.3 Å². The maximum absolute atomic E-state index is 14.0. The van der Waals surface area contributed by atoms with E-state index in [1.807, 2.05) is 6.07 Å². The molecule has 0 radical (unpaired) electrons. The Balaban J connectivity index is 1.50. The van der Waals surface area contributed by atoms with Gasteiger partial charge in [-0.25, -0.2) is 4.39 Å². The first kappa shape index (κ1) is 22.8. The minimum Gasteiger partial charge on any atom is -0.396 e. The number of fused-ring (bicyclic) bond motifs is 1. The Bertz CT molecular complexity index is 884. The van der Waals surface area contributed by atoms with Crippen molar-refractivity contribution in [2.75, 3.05) is 19.7 Å². The van der Waals surface area contributed by atoms with Gasteiger partial charge in [-0.15, -0.1) is 0 Å². The van der Waals surface area contributed by atoms with Crippen molar-refractivity contribution in [3.63, 3.8) is 0 Å². The zero-order chi connectivity index (χ0) is 22.2. The second-order valence-corrected chi connectivity index (χ2v) is 10.8. The molecule has 1 aromatic heterocycles. The van der Waals surface area contributed by atoms with Crippen LogP contribution in [-0.4, -0.2) is 40.3 Å². The van der Waals surface area contributed by atoms with E-state index in [-0.39, 0.29) is 12.4 Å². The molecule has 4 rings (SSSR count). The maximum Gasteiger partial charge on any atom is 0.123 e. The third kappa shape index (κ3) is 4.55. The molecule has 0 amide bonds. The molecule has 2 heterocycles. The van der Waals surface area contributed by atoms with Crippen molar-refractivity contribution in [2.45, 2.75) is 84.3 Å². The summed E-state index contributed by atoms with van der Waals surface area (Å²) in [6.45, 7) is 9.85. The molecule has 1 aliphatic carbocycles. The third-order valence-corrected chi connectivity index (χ3v) is 8.04. The SMILES string of the molecule is CC(C)(C)[C@H]1CC[C@@H](N2CCC(n3c(CCO)c(CN)c4cc(F)ccc43)CC2)CC1. The number of hydrogen-bond donors (Lipinski definition) is 2. The molecule has 31 heavy (non-hydrogen) atoms. The molecule has 3 N–H and O–H groups in total.